The highest BCUT2D eigenvalue weighted by Crippen LogP contribution is 2.20. The van der Waals surface area contributed by atoms with Crippen LogP contribution in [0.5, 0.6) is 0 Å². The lowest BCUT2D eigenvalue weighted by Gasteiger charge is -2.17. The third-order valence-corrected chi connectivity index (χ3v) is 2.23. The molecule has 2 N–H and O–H groups in total. The molecule has 1 aliphatic heterocycles. The number of aromatic nitrogens is 3. The molecule has 5 nitrogen and oxygen atoms in total. The van der Waals surface area contributed by atoms with Gasteiger partial charge in [0.2, 0.25) is 0 Å². The Morgan fingerprint density at radius 1 is 1.69 bits per heavy atom. The molecular weight excluding hydrogens is 168 g/mol. The van der Waals surface area contributed by atoms with E-state index in [1.807, 2.05) is 4.68 Å². The molecule has 0 unspecified atom stereocenters. The van der Waals surface area contributed by atoms with Crippen molar-refractivity contribution >= 4 is 0 Å². The Morgan fingerprint density at radius 2 is 2.54 bits per heavy atom. The molecule has 1 atom stereocenters. The second-order valence-electron chi connectivity index (χ2n) is 3.29. The number of aryl methyl sites for hydroxylation is 1. The predicted molar refractivity (Wildman–Crippen MR) is 46.9 cm³/mol. The molecule has 2 rings (SSSR count). The number of hydrogen-bond donors (Lipinski definition) is 1. The molecule has 1 aromatic rings. The Morgan fingerprint density at radius 3 is 3.23 bits per heavy atom. The molecule has 0 bridgehead atoms. The van der Waals surface area contributed by atoms with Crippen molar-refractivity contribution in [3.05, 3.63) is 11.6 Å². The molecule has 2 heterocycles. The van der Waals surface area contributed by atoms with E-state index in [1.165, 1.54) is 0 Å². The highest BCUT2D eigenvalue weighted by atomic mass is 16.5. The molecule has 0 saturated carbocycles. The summed E-state index contributed by atoms with van der Waals surface area (Å²) in [5.74, 6) is 1.63. The van der Waals surface area contributed by atoms with Gasteiger partial charge < -0.3 is 10.5 Å². The quantitative estimate of drug-likeness (QED) is 0.710. The van der Waals surface area contributed by atoms with Crippen molar-refractivity contribution in [2.75, 3.05) is 7.11 Å². The highest BCUT2D eigenvalue weighted by molar-refractivity contribution is 5.00. The number of nitrogens with two attached hydrogens (primary N) is 1. The minimum atomic E-state index is 0.0480. The smallest absolute Gasteiger partial charge is 0.176 e. The van der Waals surface area contributed by atoms with Gasteiger partial charge in [-0.05, 0) is 12.8 Å². The van der Waals surface area contributed by atoms with E-state index in [2.05, 4.69) is 10.1 Å². The van der Waals surface area contributed by atoms with Crippen LogP contribution in [0.1, 0.15) is 30.5 Å². The second kappa shape index (κ2) is 3.43. The first-order chi connectivity index (χ1) is 6.31. The first-order valence-electron chi connectivity index (χ1n) is 4.49. The molecule has 0 fully saturated rings. The topological polar surface area (TPSA) is 66.0 Å². The van der Waals surface area contributed by atoms with E-state index in [1.54, 1.807) is 7.11 Å². The molecular formula is C8H14N4O. The first kappa shape index (κ1) is 8.65. The van der Waals surface area contributed by atoms with Gasteiger partial charge in [-0.15, -0.1) is 0 Å². The van der Waals surface area contributed by atoms with Gasteiger partial charge in [0.25, 0.3) is 0 Å². The molecule has 0 aliphatic carbocycles. The van der Waals surface area contributed by atoms with Crippen molar-refractivity contribution < 1.29 is 4.74 Å². The van der Waals surface area contributed by atoms with E-state index in [0.717, 1.165) is 31.0 Å². The zero-order chi connectivity index (χ0) is 9.26. The summed E-state index contributed by atoms with van der Waals surface area (Å²) in [6.45, 7) is 1.40. The summed E-state index contributed by atoms with van der Waals surface area (Å²) in [7, 11) is 1.64. The van der Waals surface area contributed by atoms with Gasteiger partial charge in [-0.2, -0.15) is 5.10 Å². The minimum Gasteiger partial charge on any atom is -0.377 e. The maximum atomic E-state index is 5.89. The molecule has 1 aromatic heterocycles. The van der Waals surface area contributed by atoms with E-state index in [4.69, 9.17) is 10.5 Å². The van der Waals surface area contributed by atoms with Crippen LogP contribution in [-0.2, 0) is 17.9 Å². The maximum Gasteiger partial charge on any atom is 0.176 e. The van der Waals surface area contributed by atoms with Gasteiger partial charge in [0.05, 0.1) is 6.04 Å². The van der Waals surface area contributed by atoms with Crippen LogP contribution in [0.15, 0.2) is 0 Å². The lowest BCUT2D eigenvalue weighted by atomic mass is 10.1. The van der Waals surface area contributed by atoms with Crippen LogP contribution in [-0.4, -0.2) is 21.9 Å². The number of ether oxygens (including phenoxy) is 1. The Labute approximate surface area is 76.9 Å². The number of methoxy groups -OCH3 is 1. The van der Waals surface area contributed by atoms with Crippen LogP contribution < -0.4 is 5.73 Å². The van der Waals surface area contributed by atoms with E-state index in [9.17, 15) is 0 Å². The molecule has 5 heteroatoms. The fourth-order valence-electron chi connectivity index (χ4n) is 1.62. The van der Waals surface area contributed by atoms with Crippen LogP contribution in [0.2, 0.25) is 0 Å². The fraction of sp³-hybridized carbons (Fsp3) is 0.750. The average molecular weight is 182 g/mol. The lowest BCUT2D eigenvalue weighted by Crippen LogP contribution is -2.22. The van der Waals surface area contributed by atoms with Gasteiger partial charge >= 0.3 is 0 Å². The van der Waals surface area contributed by atoms with Crippen LogP contribution in [0, 0.1) is 0 Å². The average Bonchev–Trinajstić information content (AvgIpc) is 2.49. The molecule has 0 amide bonds. The van der Waals surface area contributed by atoms with Crippen molar-refractivity contribution in [2.45, 2.75) is 32.0 Å². The van der Waals surface area contributed by atoms with Gasteiger partial charge in [-0.25, -0.2) is 9.67 Å². The third kappa shape index (κ3) is 1.57. The van der Waals surface area contributed by atoms with Gasteiger partial charge in [0.1, 0.15) is 12.4 Å². The molecule has 0 radical (unpaired) electrons. The number of rotatable bonds is 2. The van der Waals surface area contributed by atoms with Gasteiger partial charge in [0.15, 0.2) is 5.82 Å². The van der Waals surface area contributed by atoms with Crippen LogP contribution in [0.4, 0.5) is 0 Å². The number of hydrogen-bond acceptors (Lipinski definition) is 4. The summed E-state index contributed by atoms with van der Waals surface area (Å²) >= 11 is 0. The molecule has 0 saturated heterocycles. The third-order valence-electron chi connectivity index (χ3n) is 2.23. The first-order valence-corrected chi connectivity index (χ1v) is 4.49. The Bertz CT molecular complexity index is 296. The molecule has 0 spiro atoms. The molecule has 72 valence electrons. The van der Waals surface area contributed by atoms with E-state index in [-0.39, 0.29) is 6.04 Å². The van der Waals surface area contributed by atoms with Crippen molar-refractivity contribution in [1.29, 1.82) is 0 Å². The van der Waals surface area contributed by atoms with E-state index >= 15 is 0 Å². The molecule has 1 aliphatic rings. The van der Waals surface area contributed by atoms with Crippen LogP contribution >= 0.6 is 0 Å². The summed E-state index contributed by atoms with van der Waals surface area (Å²) < 4.78 is 6.85. The van der Waals surface area contributed by atoms with Crippen molar-refractivity contribution in [3.8, 4) is 0 Å². The summed E-state index contributed by atoms with van der Waals surface area (Å²) in [6, 6.07) is 0.0480. The van der Waals surface area contributed by atoms with E-state index in [0.29, 0.717) is 6.61 Å². The Balaban J connectivity index is 2.25. The zero-order valence-electron chi connectivity index (χ0n) is 7.73. The van der Waals surface area contributed by atoms with Gasteiger partial charge in [-0.3, -0.25) is 0 Å². The summed E-state index contributed by atoms with van der Waals surface area (Å²) in [5, 5.41) is 4.29. The largest absolute Gasteiger partial charge is 0.377 e. The fourth-order valence-corrected chi connectivity index (χ4v) is 1.62. The lowest BCUT2D eigenvalue weighted by molar-refractivity contribution is 0.177. The van der Waals surface area contributed by atoms with Gasteiger partial charge in [0, 0.05) is 13.7 Å². The minimum absolute atomic E-state index is 0.0480. The van der Waals surface area contributed by atoms with Crippen molar-refractivity contribution in [2.24, 2.45) is 5.73 Å². The summed E-state index contributed by atoms with van der Waals surface area (Å²) in [5.41, 5.74) is 5.89. The standard InChI is InChI=1S/C8H14N4O/c1-13-5-7-10-8-6(9)3-2-4-12(8)11-7/h6H,2-5,9H2,1H3/t6-/m1/s1. The normalized spacial score (nSPS) is 21.5. The van der Waals surface area contributed by atoms with E-state index < -0.39 is 0 Å². The monoisotopic (exact) mass is 182 g/mol. The number of fused-ring (bicyclic) bond motifs is 1. The summed E-state index contributed by atoms with van der Waals surface area (Å²) in [4.78, 5) is 4.32. The van der Waals surface area contributed by atoms with Crippen molar-refractivity contribution in [3.63, 3.8) is 0 Å². The SMILES string of the molecule is COCc1nc2n(n1)CCC[C@H]2N. The number of nitrogens with zero attached hydrogens (tertiary/aromatic N) is 3. The van der Waals surface area contributed by atoms with Crippen molar-refractivity contribution in [1.82, 2.24) is 14.8 Å². The Hall–Kier alpha value is -0.940. The second-order valence-corrected chi connectivity index (χ2v) is 3.29. The zero-order valence-corrected chi connectivity index (χ0v) is 7.73. The van der Waals surface area contributed by atoms with Gasteiger partial charge in [-0.1, -0.05) is 0 Å². The molecule has 0 aromatic carbocycles. The highest BCUT2D eigenvalue weighted by Gasteiger charge is 2.20. The van der Waals surface area contributed by atoms with Crippen LogP contribution in [0.3, 0.4) is 0 Å². The van der Waals surface area contributed by atoms with Crippen LogP contribution in [0.25, 0.3) is 0 Å². The Kier molecular flexibility index (Phi) is 2.28. The molecule has 13 heavy (non-hydrogen) atoms. The predicted octanol–water partition coefficient (Wildman–Crippen LogP) is 0.218. The maximum absolute atomic E-state index is 5.89. The summed E-state index contributed by atoms with van der Waals surface area (Å²) in [6.07, 6.45) is 2.09.